The van der Waals surface area contributed by atoms with E-state index >= 15 is 0 Å². The minimum atomic E-state index is -0.0607. The van der Waals surface area contributed by atoms with Crippen molar-refractivity contribution >= 4 is 11.6 Å². The minimum absolute atomic E-state index is 0.0141. The molecular formula is C25H25NO3. The number of β-lactam (4-membered cyclic amide) rings is 1. The number of rotatable bonds is 7. The number of aromatic hydroxyl groups is 1. The van der Waals surface area contributed by atoms with Crippen LogP contribution in [0.5, 0.6) is 11.5 Å². The molecule has 1 saturated heterocycles. The molecular weight excluding hydrogens is 362 g/mol. The fourth-order valence-electron chi connectivity index (χ4n) is 4.12. The molecule has 1 fully saturated rings. The quantitative estimate of drug-likeness (QED) is 0.572. The standard InChI is InChI=1S/C25H25NO3/c1-29-21-16-14-19(15-17-21)24-22(12-7-9-18-8-5-6-13-23(18)27)25(28)26(24)20-10-3-2-4-11-20/h2-6,8,10-11,13-17,22,24,27H,7,9,12H2,1H3/t22-,24-/m1/s1. The van der Waals surface area contributed by atoms with E-state index in [9.17, 15) is 9.90 Å². The van der Waals surface area contributed by atoms with Crippen LogP contribution in [0.3, 0.4) is 0 Å². The van der Waals surface area contributed by atoms with Gasteiger partial charge in [-0.15, -0.1) is 0 Å². The van der Waals surface area contributed by atoms with Crippen LogP contribution in [0.4, 0.5) is 5.69 Å². The first-order valence-corrected chi connectivity index (χ1v) is 9.98. The number of carbonyl (C=O) groups is 1. The summed E-state index contributed by atoms with van der Waals surface area (Å²) in [5, 5.41) is 9.98. The molecule has 4 rings (SSSR count). The van der Waals surface area contributed by atoms with Gasteiger partial charge in [-0.25, -0.2) is 0 Å². The van der Waals surface area contributed by atoms with Crippen LogP contribution in [-0.2, 0) is 11.2 Å². The van der Waals surface area contributed by atoms with E-state index in [1.807, 2.05) is 77.7 Å². The lowest BCUT2D eigenvalue weighted by molar-refractivity contribution is -0.130. The van der Waals surface area contributed by atoms with Crippen molar-refractivity contribution in [3.63, 3.8) is 0 Å². The first-order valence-electron chi connectivity index (χ1n) is 9.98. The van der Waals surface area contributed by atoms with Gasteiger partial charge < -0.3 is 14.7 Å². The Labute approximate surface area is 171 Å². The second kappa shape index (κ2) is 8.39. The molecule has 0 radical (unpaired) electrons. The molecule has 1 heterocycles. The van der Waals surface area contributed by atoms with Gasteiger partial charge in [0.25, 0.3) is 0 Å². The normalized spacial score (nSPS) is 18.4. The van der Waals surface area contributed by atoms with Gasteiger partial charge in [-0.1, -0.05) is 48.5 Å². The minimum Gasteiger partial charge on any atom is -0.508 e. The molecule has 0 aliphatic carbocycles. The molecule has 3 aromatic carbocycles. The smallest absolute Gasteiger partial charge is 0.233 e. The van der Waals surface area contributed by atoms with Crippen molar-refractivity contribution in [2.24, 2.45) is 5.92 Å². The molecule has 0 unspecified atom stereocenters. The number of carbonyl (C=O) groups excluding carboxylic acids is 1. The van der Waals surface area contributed by atoms with Crippen LogP contribution < -0.4 is 9.64 Å². The van der Waals surface area contributed by atoms with Gasteiger partial charge in [-0.2, -0.15) is 0 Å². The average Bonchev–Trinajstić information content (AvgIpc) is 2.76. The summed E-state index contributed by atoms with van der Waals surface area (Å²) in [5.74, 6) is 1.23. The van der Waals surface area contributed by atoms with E-state index < -0.39 is 0 Å². The van der Waals surface area contributed by atoms with Crippen molar-refractivity contribution in [2.45, 2.75) is 25.3 Å². The van der Waals surface area contributed by atoms with Gasteiger partial charge in [-0.05, 0) is 60.7 Å². The number of anilines is 1. The lowest BCUT2D eigenvalue weighted by Gasteiger charge is -2.47. The Balaban J connectivity index is 1.53. The van der Waals surface area contributed by atoms with Crippen molar-refractivity contribution < 1.29 is 14.6 Å². The lowest BCUT2D eigenvalue weighted by atomic mass is 9.78. The topological polar surface area (TPSA) is 49.8 Å². The summed E-state index contributed by atoms with van der Waals surface area (Å²) in [6, 6.07) is 25.2. The van der Waals surface area contributed by atoms with Crippen LogP contribution in [0, 0.1) is 5.92 Å². The highest BCUT2D eigenvalue weighted by Crippen LogP contribution is 2.45. The van der Waals surface area contributed by atoms with E-state index in [2.05, 4.69) is 0 Å². The van der Waals surface area contributed by atoms with Gasteiger partial charge in [0.15, 0.2) is 0 Å². The van der Waals surface area contributed by atoms with Gasteiger partial charge >= 0.3 is 0 Å². The first-order chi connectivity index (χ1) is 14.2. The van der Waals surface area contributed by atoms with Crippen LogP contribution in [-0.4, -0.2) is 18.1 Å². The summed E-state index contributed by atoms with van der Waals surface area (Å²) in [6.45, 7) is 0. The third kappa shape index (κ3) is 3.83. The van der Waals surface area contributed by atoms with Crippen molar-refractivity contribution in [3.05, 3.63) is 90.0 Å². The number of benzene rings is 3. The number of hydrogen-bond acceptors (Lipinski definition) is 3. The molecule has 3 aromatic rings. The van der Waals surface area contributed by atoms with Gasteiger partial charge in [-0.3, -0.25) is 4.79 Å². The molecule has 148 valence electrons. The zero-order chi connectivity index (χ0) is 20.2. The number of hydrogen-bond donors (Lipinski definition) is 1. The van der Waals surface area contributed by atoms with Gasteiger partial charge in [0.1, 0.15) is 11.5 Å². The van der Waals surface area contributed by atoms with Crippen LogP contribution in [0.25, 0.3) is 0 Å². The SMILES string of the molecule is COc1ccc([C@@H]2[C@@H](CCCc3ccccc3O)C(=O)N2c2ccccc2)cc1. The van der Waals surface area contributed by atoms with Gasteiger partial charge in [0, 0.05) is 5.69 Å². The summed E-state index contributed by atoms with van der Waals surface area (Å²) in [5.41, 5.74) is 2.97. The molecule has 4 nitrogen and oxygen atoms in total. The van der Waals surface area contributed by atoms with Crippen molar-refractivity contribution in [2.75, 3.05) is 12.0 Å². The third-order valence-electron chi connectivity index (χ3n) is 5.66. The Bertz CT molecular complexity index is 969. The number of phenols is 1. The Morgan fingerprint density at radius 2 is 1.62 bits per heavy atom. The van der Waals surface area contributed by atoms with E-state index in [0.717, 1.165) is 41.8 Å². The monoisotopic (exact) mass is 387 g/mol. The van der Waals surface area contributed by atoms with E-state index in [4.69, 9.17) is 4.74 Å². The van der Waals surface area contributed by atoms with Crippen molar-refractivity contribution in [1.29, 1.82) is 0 Å². The van der Waals surface area contributed by atoms with Crippen molar-refractivity contribution in [1.82, 2.24) is 0 Å². The molecule has 1 N–H and O–H groups in total. The van der Waals surface area contributed by atoms with Gasteiger partial charge in [0.2, 0.25) is 5.91 Å². The Hall–Kier alpha value is -3.27. The molecule has 29 heavy (non-hydrogen) atoms. The molecule has 1 amide bonds. The zero-order valence-electron chi connectivity index (χ0n) is 16.5. The number of methoxy groups -OCH3 is 1. The maximum Gasteiger partial charge on any atom is 0.233 e. The summed E-state index contributed by atoms with van der Waals surface area (Å²) < 4.78 is 5.28. The summed E-state index contributed by atoms with van der Waals surface area (Å²) in [6.07, 6.45) is 2.40. The Morgan fingerprint density at radius 1 is 0.931 bits per heavy atom. The fraction of sp³-hybridized carbons (Fsp3) is 0.240. The maximum atomic E-state index is 13.0. The highest BCUT2D eigenvalue weighted by Gasteiger charge is 2.48. The highest BCUT2D eigenvalue weighted by molar-refractivity contribution is 6.03. The van der Waals surface area contributed by atoms with Crippen LogP contribution in [0.15, 0.2) is 78.9 Å². The van der Waals surface area contributed by atoms with E-state index in [0.29, 0.717) is 5.75 Å². The second-order valence-corrected chi connectivity index (χ2v) is 7.39. The molecule has 0 aromatic heterocycles. The second-order valence-electron chi connectivity index (χ2n) is 7.39. The number of ether oxygens (including phenoxy) is 1. The number of aryl methyl sites for hydroxylation is 1. The third-order valence-corrected chi connectivity index (χ3v) is 5.66. The molecule has 4 heteroatoms. The lowest BCUT2D eigenvalue weighted by Crippen LogP contribution is -2.55. The summed E-state index contributed by atoms with van der Waals surface area (Å²) in [7, 11) is 1.65. The van der Waals surface area contributed by atoms with Crippen LogP contribution in [0.2, 0.25) is 0 Å². The first kappa shape index (κ1) is 19.1. The molecule has 2 atom stereocenters. The van der Waals surface area contributed by atoms with Gasteiger partial charge in [0.05, 0.1) is 19.1 Å². The highest BCUT2D eigenvalue weighted by atomic mass is 16.5. The van der Waals surface area contributed by atoms with E-state index in [1.165, 1.54) is 0 Å². The number of amides is 1. The van der Waals surface area contributed by atoms with E-state index in [1.54, 1.807) is 13.2 Å². The maximum absolute atomic E-state index is 13.0. The predicted octanol–water partition coefficient (Wildman–Crippen LogP) is 5.13. The number of nitrogens with zero attached hydrogens (tertiary/aromatic N) is 1. The Kier molecular flexibility index (Phi) is 5.52. The molecule has 1 aliphatic heterocycles. The fourth-order valence-corrected chi connectivity index (χ4v) is 4.12. The average molecular weight is 387 g/mol. The molecule has 0 bridgehead atoms. The van der Waals surface area contributed by atoms with Crippen LogP contribution >= 0.6 is 0 Å². The largest absolute Gasteiger partial charge is 0.508 e. The number of para-hydroxylation sites is 2. The molecule has 0 spiro atoms. The predicted molar refractivity (Wildman–Crippen MR) is 114 cm³/mol. The van der Waals surface area contributed by atoms with Crippen LogP contribution in [0.1, 0.15) is 30.0 Å². The van der Waals surface area contributed by atoms with Crippen molar-refractivity contribution in [3.8, 4) is 11.5 Å². The molecule has 0 saturated carbocycles. The van der Waals surface area contributed by atoms with E-state index in [-0.39, 0.29) is 17.9 Å². The summed E-state index contributed by atoms with van der Waals surface area (Å²) >= 11 is 0. The zero-order valence-corrected chi connectivity index (χ0v) is 16.5. The molecule has 1 aliphatic rings. The Morgan fingerprint density at radius 3 is 2.31 bits per heavy atom. The number of phenolic OH excluding ortho intramolecular Hbond substituents is 1. The summed E-state index contributed by atoms with van der Waals surface area (Å²) in [4.78, 5) is 14.9.